The molecule has 4 heteroatoms. The number of aliphatic imine (C=N–C) groups is 2. The Morgan fingerprint density at radius 1 is 1.33 bits per heavy atom. The van der Waals surface area contributed by atoms with Crippen LogP contribution in [0.25, 0.3) is 0 Å². The number of nitrogens with zero attached hydrogens (tertiary/aromatic N) is 2. The van der Waals surface area contributed by atoms with Gasteiger partial charge in [-0.05, 0) is 32.7 Å². The monoisotopic (exact) mass is 243 g/mol. The van der Waals surface area contributed by atoms with Crippen molar-refractivity contribution in [3.8, 4) is 0 Å². The first-order valence-corrected chi connectivity index (χ1v) is 5.63. The van der Waals surface area contributed by atoms with Crippen molar-refractivity contribution < 1.29 is 4.79 Å². The van der Waals surface area contributed by atoms with E-state index in [0.717, 1.165) is 11.4 Å². The van der Waals surface area contributed by atoms with Crippen molar-refractivity contribution in [2.24, 2.45) is 9.98 Å². The van der Waals surface area contributed by atoms with E-state index in [-0.39, 0.29) is 5.91 Å². The molecule has 1 aromatic rings. The number of hydrogen-bond donors (Lipinski definition) is 1. The van der Waals surface area contributed by atoms with Crippen molar-refractivity contribution in [3.63, 3.8) is 0 Å². The molecule has 0 saturated heterocycles. The Bertz CT molecular complexity index is 475. The summed E-state index contributed by atoms with van der Waals surface area (Å²) in [6, 6.07) is 9.08. The lowest BCUT2D eigenvalue weighted by atomic mass is 10.2. The summed E-state index contributed by atoms with van der Waals surface area (Å²) in [5, 5.41) is 2.80. The van der Waals surface area contributed by atoms with E-state index < -0.39 is 0 Å². The molecule has 0 aliphatic rings. The number of nitrogens with one attached hydrogen (secondary N) is 1. The Kier molecular flexibility index (Phi) is 5.51. The number of amides is 1. The molecule has 0 radical (unpaired) electrons. The summed E-state index contributed by atoms with van der Waals surface area (Å²) in [7, 11) is 0. The summed E-state index contributed by atoms with van der Waals surface area (Å²) in [5.41, 5.74) is 2.22. The number of benzene rings is 1. The molecule has 1 aromatic carbocycles. The average molecular weight is 243 g/mol. The van der Waals surface area contributed by atoms with Crippen LogP contribution in [0.1, 0.15) is 24.2 Å². The van der Waals surface area contributed by atoms with Crippen molar-refractivity contribution in [2.75, 3.05) is 6.54 Å². The van der Waals surface area contributed by atoms with Gasteiger partial charge in [0.05, 0.1) is 12.2 Å². The van der Waals surface area contributed by atoms with Crippen LogP contribution in [0.15, 0.2) is 52.2 Å². The molecule has 4 nitrogen and oxygen atoms in total. The van der Waals surface area contributed by atoms with Gasteiger partial charge in [-0.15, -0.1) is 0 Å². The third-order valence-electron chi connectivity index (χ3n) is 2.19. The Morgan fingerprint density at radius 3 is 2.61 bits per heavy atom. The van der Waals surface area contributed by atoms with Crippen LogP contribution < -0.4 is 5.32 Å². The largest absolute Gasteiger partial charge is 0.347 e. The summed E-state index contributed by atoms with van der Waals surface area (Å²) < 4.78 is 0. The summed E-state index contributed by atoms with van der Waals surface area (Å²) in [5.74, 6) is -0.103. The Hall–Kier alpha value is -2.23. The zero-order valence-corrected chi connectivity index (χ0v) is 10.7. The molecule has 1 rings (SSSR count). The first-order chi connectivity index (χ1) is 8.63. The maximum absolute atomic E-state index is 11.8. The SMILES string of the molecule is C=N/C=C(C)\N=C(/C)CNC(=O)c1ccccc1. The van der Waals surface area contributed by atoms with Gasteiger partial charge in [-0.2, -0.15) is 0 Å². The molecule has 0 spiro atoms. The molecule has 0 atom stereocenters. The molecule has 18 heavy (non-hydrogen) atoms. The summed E-state index contributed by atoms with van der Waals surface area (Å²) in [6.07, 6.45) is 1.57. The second-order valence-electron chi connectivity index (χ2n) is 3.85. The number of hydrogen-bond acceptors (Lipinski definition) is 3. The van der Waals surface area contributed by atoms with Crippen LogP contribution in [0.4, 0.5) is 0 Å². The third kappa shape index (κ3) is 4.74. The lowest BCUT2D eigenvalue weighted by Crippen LogP contribution is -2.28. The van der Waals surface area contributed by atoms with Crippen LogP contribution in [0.2, 0.25) is 0 Å². The number of carbonyl (C=O) groups is 1. The van der Waals surface area contributed by atoms with Gasteiger partial charge in [-0.25, -0.2) is 0 Å². The minimum atomic E-state index is -0.103. The van der Waals surface area contributed by atoms with E-state index in [4.69, 9.17) is 0 Å². The highest BCUT2D eigenvalue weighted by atomic mass is 16.1. The summed E-state index contributed by atoms with van der Waals surface area (Å²) >= 11 is 0. The molecule has 0 unspecified atom stereocenters. The molecular weight excluding hydrogens is 226 g/mol. The quantitative estimate of drug-likeness (QED) is 0.793. The summed E-state index contributed by atoms with van der Waals surface area (Å²) in [6.45, 7) is 7.45. The third-order valence-corrected chi connectivity index (χ3v) is 2.19. The predicted molar refractivity (Wildman–Crippen MR) is 75.2 cm³/mol. The molecule has 94 valence electrons. The molecule has 0 fully saturated rings. The van der Waals surface area contributed by atoms with Crippen molar-refractivity contribution in [1.82, 2.24) is 5.32 Å². The van der Waals surface area contributed by atoms with Gasteiger partial charge in [0, 0.05) is 17.5 Å². The average Bonchev–Trinajstić information content (AvgIpc) is 2.37. The van der Waals surface area contributed by atoms with Gasteiger partial charge in [0.15, 0.2) is 0 Å². The molecule has 0 aliphatic heterocycles. The van der Waals surface area contributed by atoms with E-state index in [2.05, 4.69) is 22.0 Å². The molecule has 0 aromatic heterocycles. The van der Waals surface area contributed by atoms with Gasteiger partial charge in [-0.3, -0.25) is 14.8 Å². The molecule has 1 amide bonds. The van der Waals surface area contributed by atoms with E-state index in [9.17, 15) is 4.79 Å². The zero-order valence-electron chi connectivity index (χ0n) is 10.7. The van der Waals surface area contributed by atoms with Crippen molar-refractivity contribution in [3.05, 3.63) is 47.8 Å². The number of rotatable bonds is 5. The van der Waals surface area contributed by atoms with E-state index in [1.54, 1.807) is 18.3 Å². The van der Waals surface area contributed by atoms with Crippen LogP contribution >= 0.6 is 0 Å². The van der Waals surface area contributed by atoms with Gasteiger partial charge < -0.3 is 5.32 Å². The van der Waals surface area contributed by atoms with Crippen LogP contribution in [0.3, 0.4) is 0 Å². The second-order valence-corrected chi connectivity index (χ2v) is 3.85. The van der Waals surface area contributed by atoms with Gasteiger partial charge in [0.1, 0.15) is 0 Å². The fourth-order valence-corrected chi connectivity index (χ4v) is 1.40. The standard InChI is InChI=1S/C14H17N3O/c1-11(9-15-3)17-12(2)10-16-14(18)13-7-5-4-6-8-13/h4-9H,3,10H2,1-2H3,(H,16,18)/b11-9-,17-12+. The molecule has 0 heterocycles. The Morgan fingerprint density at radius 2 is 2.00 bits per heavy atom. The maximum Gasteiger partial charge on any atom is 0.251 e. The highest BCUT2D eigenvalue weighted by Gasteiger charge is 2.03. The number of allylic oxidation sites excluding steroid dienone is 1. The normalized spacial score (nSPS) is 12.1. The van der Waals surface area contributed by atoms with Crippen LogP contribution in [-0.2, 0) is 0 Å². The van der Waals surface area contributed by atoms with Crippen molar-refractivity contribution in [1.29, 1.82) is 0 Å². The van der Waals surface area contributed by atoms with E-state index in [1.165, 1.54) is 0 Å². The van der Waals surface area contributed by atoms with Crippen molar-refractivity contribution >= 4 is 18.3 Å². The minimum Gasteiger partial charge on any atom is -0.347 e. The van der Waals surface area contributed by atoms with Gasteiger partial charge in [0.25, 0.3) is 5.91 Å². The van der Waals surface area contributed by atoms with E-state index in [1.807, 2.05) is 32.0 Å². The first-order valence-electron chi connectivity index (χ1n) is 5.63. The highest BCUT2D eigenvalue weighted by molar-refractivity contribution is 5.97. The Balaban J connectivity index is 2.53. The van der Waals surface area contributed by atoms with Crippen LogP contribution in [0.5, 0.6) is 0 Å². The first kappa shape index (κ1) is 13.8. The molecule has 1 N–H and O–H groups in total. The zero-order chi connectivity index (χ0) is 13.4. The maximum atomic E-state index is 11.8. The van der Waals surface area contributed by atoms with Gasteiger partial charge in [-0.1, -0.05) is 18.2 Å². The molecule has 0 bridgehead atoms. The minimum absolute atomic E-state index is 0.103. The molecule has 0 aliphatic carbocycles. The lowest BCUT2D eigenvalue weighted by molar-refractivity contribution is 0.0959. The predicted octanol–water partition coefficient (Wildman–Crippen LogP) is 2.44. The fraction of sp³-hybridized carbons (Fsp3) is 0.214. The fourth-order valence-electron chi connectivity index (χ4n) is 1.40. The lowest BCUT2D eigenvalue weighted by Gasteiger charge is -2.04. The van der Waals surface area contributed by atoms with Gasteiger partial charge in [0.2, 0.25) is 0 Å². The van der Waals surface area contributed by atoms with Crippen LogP contribution in [0, 0.1) is 0 Å². The molecule has 0 saturated carbocycles. The number of carbonyl (C=O) groups excluding carboxylic acids is 1. The topological polar surface area (TPSA) is 53.8 Å². The summed E-state index contributed by atoms with van der Waals surface area (Å²) in [4.78, 5) is 19.6. The van der Waals surface area contributed by atoms with E-state index >= 15 is 0 Å². The Labute approximate surface area is 107 Å². The van der Waals surface area contributed by atoms with Crippen LogP contribution in [-0.4, -0.2) is 24.9 Å². The highest BCUT2D eigenvalue weighted by Crippen LogP contribution is 1.98. The van der Waals surface area contributed by atoms with Gasteiger partial charge >= 0.3 is 0 Å². The smallest absolute Gasteiger partial charge is 0.251 e. The van der Waals surface area contributed by atoms with E-state index in [0.29, 0.717) is 12.1 Å². The molecular formula is C14H17N3O. The van der Waals surface area contributed by atoms with Crippen molar-refractivity contribution in [2.45, 2.75) is 13.8 Å². The second kappa shape index (κ2) is 7.17.